The molecule has 0 amide bonds. The highest BCUT2D eigenvalue weighted by Gasteiger charge is 2.09. The summed E-state index contributed by atoms with van der Waals surface area (Å²) < 4.78 is 12.0. The quantitative estimate of drug-likeness (QED) is 0.507. The minimum absolute atomic E-state index is 0.0331. The molecule has 1 N–H and O–H groups in total. The lowest BCUT2D eigenvalue weighted by Crippen LogP contribution is -2.16. The van der Waals surface area contributed by atoms with Crippen molar-refractivity contribution in [2.75, 3.05) is 6.61 Å². The van der Waals surface area contributed by atoms with Crippen LogP contribution in [-0.4, -0.2) is 23.8 Å². The second kappa shape index (κ2) is 9.46. The summed E-state index contributed by atoms with van der Waals surface area (Å²) in [6.45, 7) is 6.66. The third-order valence-electron chi connectivity index (χ3n) is 5.09. The van der Waals surface area contributed by atoms with E-state index in [0.29, 0.717) is 13.0 Å². The molecule has 0 spiro atoms. The molecule has 29 heavy (non-hydrogen) atoms. The van der Waals surface area contributed by atoms with Crippen molar-refractivity contribution in [3.8, 4) is 11.5 Å². The lowest BCUT2D eigenvalue weighted by atomic mass is 10.0. The molecule has 0 bridgehead atoms. The number of fused-ring (bicyclic) bond motifs is 1. The van der Waals surface area contributed by atoms with Gasteiger partial charge in [0, 0.05) is 12.8 Å². The van der Waals surface area contributed by atoms with Crippen molar-refractivity contribution in [2.24, 2.45) is 0 Å². The van der Waals surface area contributed by atoms with E-state index in [4.69, 9.17) is 14.6 Å². The van der Waals surface area contributed by atoms with Crippen LogP contribution in [0.15, 0.2) is 54.6 Å². The van der Waals surface area contributed by atoms with Gasteiger partial charge >= 0.3 is 5.97 Å². The Balaban J connectivity index is 1.52. The van der Waals surface area contributed by atoms with E-state index in [1.54, 1.807) is 0 Å². The normalized spacial score (nSPS) is 12.0. The summed E-state index contributed by atoms with van der Waals surface area (Å²) >= 11 is 0. The fourth-order valence-corrected chi connectivity index (χ4v) is 3.36. The van der Waals surface area contributed by atoms with Gasteiger partial charge in [-0.05, 0) is 78.9 Å². The Labute approximate surface area is 172 Å². The predicted molar refractivity (Wildman–Crippen MR) is 116 cm³/mol. The summed E-state index contributed by atoms with van der Waals surface area (Å²) in [6.07, 6.45) is 1.49. The fraction of sp³-hybridized carbons (Fsp3) is 0.320. The first-order valence-corrected chi connectivity index (χ1v) is 10.0. The smallest absolute Gasteiger partial charge is 0.303 e. The number of hydrogen-bond acceptors (Lipinski definition) is 3. The number of carboxylic acids is 1. The van der Waals surface area contributed by atoms with Gasteiger partial charge in [0.05, 0.1) is 12.7 Å². The maximum atomic E-state index is 10.7. The minimum atomic E-state index is -0.777. The maximum absolute atomic E-state index is 10.7. The van der Waals surface area contributed by atoms with Crippen LogP contribution in [0.1, 0.15) is 36.5 Å². The molecule has 1 atom stereocenters. The summed E-state index contributed by atoms with van der Waals surface area (Å²) in [4.78, 5) is 10.7. The molecule has 152 valence electrons. The van der Waals surface area contributed by atoms with Crippen LogP contribution in [0.2, 0.25) is 0 Å². The van der Waals surface area contributed by atoms with Crippen LogP contribution in [0.25, 0.3) is 10.8 Å². The van der Waals surface area contributed by atoms with Crippen LogP contribution in [0, 0.1) is 13.8 Å². The zero-order valence-corrected chi connectivity index (χ0v) is 17.3. The highest BCUT2D eigenvalue weighted by atomic mass is 16.5. The van der Waals surface area contributed by atoms with E-state index in [9.17, 15) is 4.79 Å². The molecule has 0 radical (unpaired) electrons. The van der Waals surface area contributed by atoms with Gasteiger partial charge in [0.15, 0.2) is 0 Å². The molecule has 1 unspecified atom stereocenters. The van der Waals surface area contributed by atoms with Gasteiger partial charge in [-0.2, -0.15) is 0 Å². The second-order valence-electron chi connectivity index (χ2n) is 7.51. The van der Waals surface area contributed by atoms with Crippen molar-refractivity contribution in [3.05, 3.63) is 71.3 Å². The molecule has 0 aliphatic rings. The molecule has 3 aromatic rings. The molecule has 3 rings (SSSR count). The first kappa shape index (κ1) is 20.7. The second-order valence-corrected chi connectivity index (χ2v) is 7.51. The van der Waals surface area contributed by atoms with Gasteiger partial charge in [0.25, 0.3) is 0 Å². The lowest BCUT2D eigenvalue weighted by molar-refractivity contribution is -0.136. The molecule has 4 heteroatoms. The van der Waals surface area contributed by atoms with Crippen LogP contribution < -0.4 is 9.47 Å². The Morgan fingerprint density at radius 1 is 1.00 bits per heavy atom. The molecule has 0 aromatic heterocycles. The van der Waals surface area contributed by atoms with Crippen LogP contribution >= 0.6 is 0 Å². The Kier molecular flexibility index (Phi) is 6.76. The van der Waals surface area contributed by atoms with Gasteiger partial charge in [0.2, 0.25) is 0 Å². The van der Waals surface area contributed by atoms with Crippen LogP contribution in [0.5, 0.6) is 11.5 Å². The van der Waals surface area contributed by atoms with Crippen molar-refractivity contribution in [3.63, 3.8) is 0 Å². The van der Waals surface area contributed by atoms with E-state index in [1.807, 2.05) is 37.3 Å². The van der Waals surface area contributed by atoms with E-state index < -0.39 is 5.97 Å². The van der Waals surface area contributed by atoms with E-state index in [2.05, 4.69) is 38.1 Å². The third kappa shape index (κ3) is 5.74. The maximum Gasteiger partial charge on any atom is 0.303 e. The molecule has 0 saturated heterocycles. The number of aliphatic carboxylic acids is 1. The van der Waals surface area contributed by atoms with Gasteiger partial charge in [0.1, 0.15) is 11.5 Å². The van der Waals surface area contributed by atoms with Gasteiger partial charge < -0.3 is 14.6 Å². The largest absolute Gasteiger partial charge is 0.493 e. The third-order valence-corrected chi connectivity index (χ3v) is 5.09. The molecular formula is C25H28O4. The number of hydrogen-bond donors (Lipinski definition) is 1. The van der Waals surface area contributed by atoms with Gasteiger partial charge in [-0.1, -0.05) is 30.3 Å². The Bertz CT molecular complexity index is 993. The highest BCUT2D eigenvalue weighted by molar-refractivity contribution is 5.84. The van der Waals surface area contributed by atoms with E-state index in [-0.39, 0.29) is 12.5 Å². The number of ether oxygens (including phenoxy) is 2. The van der Waals surface area contributed by atoms with E-state index in [0.717, 1.165) is 34.6 Å². The Morgan fingerprint density at radius 2 is 1.72 bits per heavy atom. The molecule has 0 fully saturated rings. The minimum Gasteiger partial charge on any atom is -0.493 e. The zero-order valence-electron chi connectivity index (χ0n) is 17.3. The topological polar surface area (TPSA) is 55.8 Å². The molecule has 0 heterocycles. The number of rotatable bonds is 9. The number of aryl methyl sites for hydroxylation is 3. The Hall–Kier alpha value is -3.01. The fourth-order valence-electron chi connectivity index (χ4n) is 3.36. The summed E-state index contributed by atoms with van der Waals surface area (Å²) in [5, 5.41) is 11.2. The number of carboxylic acid groups (broad SMARTS) is 1. The van der Waals surface area contributed by atoms with Crippen molar-refractivity contribution < 1.29 is 19.4 Å². The Morgan fingerprint density at radius 3 is 2.41 bits per heavy atom. The lowest BCUT2D eigenvalue weighted by Gasteiger charge is -2.18. The zero-order chi connectivity index (χ0) is 20.8. The SMILES string of the molecule is Cc1cc(OCCC(C)Oc2cc3ccccc3cc2C)ccc1CCC(=O)O. The van der Waals surface area contributed by atoms with Crippen molar-refractivity contribution >= 4 is 16.7 Å². The molecule has 3 aromatic carbocycles. The van der Waals surface area contributed by atoms with Crippen LogP contribution in [0.3, 0.4) is 0 Å². The molecule has 0 aliphatic heterocycles. The summed E-state index contributed by atoms with van der Waals surface area (Å²) in [5.74, 6) is 0.936. The van der Waals surface area contributed by atoms with Crippen LogP contribution in [-0.2, 0) is 11.2 Å². The number of benzene rings is 3. The molecule has 0 saturated carbocycles. The summed E-state index contributed by atoms with van der Waals surface area (Å²) in [6, 6.07) is 18.4. The van der Waals surface area contributed by atoms with E-state index in [1.165, 1.54) is 10.8 Å². The van der Waals surface area contributed by atoms with Crippen molar-refractivity contribution in [1.82, 2.24) is 0 Å². The summed E-state index contributed by atoms with van der Waals surface area (Å²) in [5.41, 5.74) is 3.23. The van der Waals surface area contributed by atoms with Crippen molar-refractivity contribution in [2.45, 2.75) is 46.1 Å². The molecular weight excluding hydrogens is 364 g/mol. The molecule has 0 aliphatic carbocycles. The average Bonchev–Trinajstić information content (AvgIpc) is 2.68. The first-order chi connectivity index (χ1) is 13.9. The average molecular weight is 392 g/mol. The summed E-state index contributed by atoms with van der Waals surface area (Å²) in [7, 11) is 0. The van der Waals surface area contributed by atoms with Crippen molar-refractivity contribution in [1.29, 1.82) is 0 Å². The van der Waals surface area contributed by atoms with Crippen LogP contribution in [0.4, 0.5) is 0 Å². The highest BCUT2D eigenvalue weighted by Crippen LogP contribution is 2.26. The number of carbonyl (C=O) groups is 1. The van der Waals surface area contributed by atoms with Gasteiger partial charge in [-0.25, -0.2) is 0 Å². The monoisotopic (exact) mass is 392 g/mol. The van der Waals surface area contributed by atoms with Gasteiger partial charge in [-0.3, -0.25) is 4.79 Å². The first-order valence-electron chi connectivity index (χ1n) is 10.0. The molecule has 4 nitrogen and oxygen atoms in total. The van der Waals surface area contributed by atoms with Gasteiger partial charge in [-0.15, -0.1) is 0 Å². The standard InChI is InChI=1S/C25H28O4/c1-17-15-23(10-8-20(17)9-11-25(26)27)28-13-12-19(3)29-24-16-22-7-5-4-6-21(22)14-18(24)2/h4-8,10,14-16,19H,9,11-13H2,1-3H3,(H,26,27). The predicted octanol–water partition coefficient (Wildman–Crippen LogP) is 5.71. The van der Waals surface area contributed by atoms with E-state index >= 15 is 0 Å².